The lowest BCUT2D eigenvalue weighted by Gasteiger charge is -2.33. The second-order valence-corrected chi connectivity index (χ2v) is 6.65. The maximum absolute atomic E-state index is 12.5. The van der Waals surface area contributed by atoms with Crippen LogP contribution in [0.5, 0.6) is 0 Å². The van der Waals surface area contributed by atoms with Crippen LogP contribution < -0.4 is 10.9 Å². The molecule has 0 aliphatic carbocycles. The summed E-state index contributed by atoms with van der Waals surface area (Å²) in [6.45, 7) is 9.05. The van der Waals surface area contributed by atoms with Crippen LogP contribution in [0.25, 0.3) is 10.9 Å². The monoisotopic (exact) mass is 345 g/mol. The molecule has 1 amide bonds. The van der Waals surface area contributed by atoms with Gasteiger partial charge < -0.3 is 19.4 Å². The maximum Gasteiger partial charge on any atom is 0.267 e. The summed E-state index contributed by atoms with van der Waals surface area (Å²) in [7, 11) is 3.54. The Hall–Kier alpha value is -2.12. The molecule has 7 nitrogen and oxygen atoms in total. The van der Waals surface area contributed by atoms with Crippen molar-refractivity contribution >= 4 is 16.8 Å². The van der Waals surface area contributed by atoms with Crippen molar-refractivity contribution in [3.8, 4) is 0 Å². The van der Waals surface area contributed by atoms with Gasteiger partial charge in [-0.1, -0.05) is 6.92 Å². The van der Waals surface area contributed by atoms with Gasteiger partial charge in [0.05, 0.1) is 10.9 Å². The van der Waals surface area contributed by atoms with E-state index in [1.165, 1.54) is 4.57 Å². The van der Waals surface area contributed by atoms with Gasteiger partial charge in [0.15, 0.2) is 0 Å². The first-order chi connectivity index (χ1) is 12.0. The Morgan fingerprint density at radius 1 is 1.16 bits per heavy atom. The molecule has 0 saturated carbocycles. The number of nitrogens with zero attached hydrogens (tertiary/aromatic N) is 4. The SMILES string of the molecule is CCN1CCN(CCNC(=O)c2cc3c(=O)n(C)ccc3n2C)CC1. The molecule has 1 saturated heterocycles. The minimum Gasteiger partial charge on any atom is -0.349 e. The summed E-state index contributed by atoms with van der Waals surface area (Å²) in [5, 5.41) is 3.56. The van der Waals surface area contributed by atoms with Gasteiger partial charge in [0.25, 0.3) is 11.5 Å². The largest absolute Gasteiger partial charge is 0.349 e. The third-order valence-electron chi connectivity index (χ3n) is 5.14. The first-order valence-corrected chi connectivity index (χ1v) is 8.89. The van der Waals surface area contributed by atoms with Crippen LogP contribution in [0, 0.1) is 0 Å². The van der Waals surface area contributed by atoms with E-state index >= 15 is 0 Å². The van der Waals surface area contributed by atoms with E-state index < -0.39 is 0 Å². The van der Waals surface area contributed by atoms with Crippen molar-refractivity contribution in [3.63, 3.8) is 0 Å². The molecule has 2 aromatic heterocycles. The Bertz CT molecular complexity index is 815. The van der Waals surface area contributed by atoms with E-state index in [0.717, 1.165) is 44.8 Å². The molecule has 1 aliphatic rings. The van der Waals surface area contributed by atoms with E-state index in [9.17, 15) is 9.59 Å². The summed E-state index contributed by atoms with van der Waals surface area (Å²) in [5.74, 6) is -0.132. The zero-order valence-electron chi connectivity index (χ0n) is 15.3. The molecule has 136 valence electrons. The fraction of sp³-hybridized carbons (Fsp3) is 0.556. The highest BCUT2D eigenvalue weighted by molar-refractivity contribution is 5.98. The lowest BCUT2D eigenvalue weighted by atomic mass is 10.3. The minimum absolute atomic E-state index is 0.0825. The summed E-state index contributed by atoms with van der Waals surface area (Å²) in [5.41, 5.74) is 1.22. The first kappa shape index (κ1) is 17.7. The molecule has 0 atom stereocenters. The lowest BCUT2D eigenvalue weighted by molar-refractivity contribution is 0.0930. The van der Waals surface area contributed by atoms with E-state index in [0.29, 0.717) is 17.6 Å². The quantitative estimate of drug-likeness (QED) is 0.844. The molecule has 1 aliphatic heterocycles. The molecule has 2 aromatic rings. The lowest BCUT2D eigenvalue weighted by Crippen LogP contribution is -2.48. The average Bonchev–Trinajstić information content (AvgIpc) is 2.96. The zero-order chi connectivity index (χ0) is 18.0. The highest BCUT2D eigenvalue weighted by atomic mass is 16.2. The van der Waals surface area contributed by atoms with E-state index in [2.05, 4.69) is 22.0 Å². The van der Waals surface area contributed by atoms with Crippen molar-refractivity contribution in [1.82, 2.24) is 24.3 Å². The van der Waals surface area contributed by atoms with Crippen molar-refractivity contribution in [2.24, 2.45) is 14.1 Å². The number of aryl methyl sites for hydroxylation is 2. The summed E-state index contributed by atoms with van der Waals surface area (Å²) in [4.78, 5) is 29.5. The Morgan fingerprint density at radius 3 is 2.52 bits per heavy atom. The highest BCUT2D eigenvalue weighted by Gasteiger charge is 2.17. The zero-order valence-corrected chi connectivity index (χ0v) is 15.3. The second-order valence-electron chi connectivity index (χ2n) is 6.65. The molecule has 7 heteroatoms. The van der Waals surface area contributed by atoms with Crippen LogP contribution in [0.2, 0.25) is 0 Å². The van der Waals surface area contributed by atoms with Crippen LogP contribution in [0.15, 0.2) is 23.1 Å². The number of nitrogens with one attached hydrogen (secondary N) is 1. The third kappa shape index (κ3) is 3.62. The van der Waals surface area contributed by atoms with Crippen LogP contribution in [-0.4, -0.2) is 70.7 Å². The number of hydrogen-bond donors (Lipinski definition) is 1. The fourth-order valence-electron chi connectivity index (χ4n) is 3.40. The normalized spacial score (nSPS) is 16.4. The molecule has 0 aromatic carbocycles. The minimum atomic E-state index is -0.132. The fourth-order valence-corrected chi connectivity index (χ4v) is 3.40. The van der Waals surface area contributed by atoms with Crippen molar-refractivity contribution in [1.29, 1.82) is 0 Å². The molecule has 1 fully saturated rings. The third-order valence-corrected chi connectivity index (χ3v) is 5.14. The second kappa shape index (κ2) is 7.41. The van der Waals surface area contributed by atoms with E-state index in [-0.39, 0.29) is 11.5 Å². The van der Waals surface area contributed by atoms with Gasteiger partial charge in [-0.25, -0.2) is 0 Å². The van der Waals surface area contributed by atoms with Gasteiger partial charge in [0, 0.05) is 59.6 Å². The van der Waals surface area contributed by atoms with Crippen molar-refractivity contribution in [3.05, 3.63) is 34.4 Å². The van der Waals surface area contributed by atoms with Crippen LogP contribution in [0.1, 0.15) is 17.4 Å². The number of amides is 1. The summed E-state index contributed by atoms with van der Waals surface area (Å²) in [6.07, 6.45) is 1.72. The number of pyridine rings is 1. The summed E-state index contributed by atoms with van der Waals surface area (Å²) in [6, 6.07) is 3.55. The van der Waals surface area contributed by atoms with E-state index in [4.69, 9.17) is 0 Å². The number of carbonyl (C=O) groups excluding carboxylic acids is 1. The Kier molecular flexibility index (Phi) is 5.24. The number of hydrogen-bond acceptors (Lipinski definition) is 4. The smallest absolute Gasteiger partial charge is 0.267 e. The molecule has 0 unspecified atom stereocenters. The summed E-state index contributed by atoms with van der Waals surface area (Å²) >= 11 is 0. The standard InChI is InChI=1S/C18H27N5O2/c1-4-22-9-11-23(12-10-22)8-6-19-17(24)16-13-14-15(21(16)3)5-7-20(2)18(14)25/h5,7,13H,4,6,8-12H2,1-3H3,(H,19,24). The molecule has 0 radical (unpaired) electrons. The molecule has 25 heavy (non-hydrogen) atoms. The Balaban J connectivity index is 1.60. The molecule has 0 spiro atoms. The number of rotatable bonds is 5. The predicted molar refractivity (Wildman–Crippen MR) is 99.0 cm³/mol. The summed E-state index contributed by atoms with van der Waals surface area (Å²) < 4.78 is 3.31. The topological polar surface area (TPSA) is 62.5 Å². The highest BCUT2D eigenvalue weighted by Crippen LogP contribution is 2.14. The number of likely N-dealkylation sites (N-methyl/N-ethyl adjacent to an activating group) is 1. The van der Waals surface area contributed by atoms with Gasteiger partial charge in [-0.15, -0.1) is 0 Å². The number of fused-ring (bicyclic) bond motifs is 1. The van der Waals surface area contributed by atoms with Crippen molar-refractivity contribution in [2.45, 2.75) is 6.92 Å². The van der Waals surface area contributed by atoms with Gasteiger partial charge >= 0.3 is 0 Å². The molecule has 1 N–H and O–H groups in total. The van der Waals surface area contributed by atoms with Crippen LogP contribution >= 0.6 is 0 Å². The Morgan fingerprint density at radius 2 is 1.84 bits per heavy atom. The molecule has 3 rings (SSSR count). The van der Waals surface area contributed by atoms with Crippen LogP contribution in [-0.2, 0) is 14.1 Å². The molecule has 3 heterocycles. The van der Waals surface area contributed by atoms with Gasteiger partial charge in [-0.3, -0.25) is 14.5 Å². The van der Waals surface area contributed by atoms with Gasteiger partial charge in [0.1, 0.15) is 5.69 Å². The number of aromatic nitrogens is 2. The molecular weight excluding hydrogens is 318 g/mol. The predicted octanol–water partition coefficient (Wildman–Crippen LogP) is 0.244. The van der Waals surface area contributed by atoms with E-state index in [1.54, 1.807) is 23.9 Å². The Labute approximate surface area is 147 Å². The van der Waals surface area contributed by atoms with E-state index in [1.807, 2.05) is 13.1 Å². The van der Waals surface area contributed by atoms with Gasteiger partial charge in [-0.05, 0) is 18.7 Å². The number of piperazine rings is 1. The van der Waals surface area contributed by atoms with Crippen molar-refractivity contribution in [2.75, 3.05) is 45.8 Å². The van der Waals surface area contributed by atoms with Crippen LogP contribution in [0.3, 0.4) is 0 Å². The van der Waals surface area contributed by atoms with Crippen molar-refractivity contribution < 1.29 is 4.79 Å². The maximum atomic E-state index is 12.5. The average molecular weight is 345 g/mol. The first-order valence-electron chi connectivity index (χ1n) is 8.89. The number of carbonyl (C=O) groups is 1. The van der Waals surface area contributed by atoms with Gasteiger partial charge in [0.2, 0.25) is 0 Å². The molecular formula is C18H27N5O2. The van der Waals surface area contributed by atoms with Gasteiger partial charge in [-0.2, -0.15) is 0 Å². The van der Waals surface area contributed by atoms with Crippen LogP contribution in [0.4, 0.5) is 0 Å². The molecule has 0 bridgehead atoms.